The molecule has 0 saturated carbocycles. The number of hydrogen-bond acceptors (Lipinski definition) is 4. The molecule has 0 fully saturated rings. The van der Waals surface area contributed by atoms with Gasteiger partial charge in [-0.2, -0.15) is 0 Å². The predicted octanol–water partition coefficient (Wildman–Crippen LogP) is 3.57. The Labute approximate surface area is 116 Å². The highest BCUT2D eigenvalue weighted by molar-refractivity contribution is 7.13. The molecular weight excluding hydrogens is 266 g/mol. The van der Waals surface area contributed by atoms with Gasteiger partial charge in [0.05, 0.1) is 5.69 Å². The molecule has 0 radical (unpaired) electrons. The maximum absolute atomic E-state index is 6.01. The highest BCUT2D eigenvalue weighted by Gasteiger charge is 2.13. The SMILES string of the molecule is CC(c1cccc(Cl)c1)N(C)Cc1csc(N)n1. The van der Waals surface area contributed by atoms with E-state index >= 15 is 0 Å². The third kappa shape index (κ3) is 3.22. The maximum Gasteiger partial charge on any atom is 0.180 e. The van der Waals surface area contributed by atoms with Crippen LogP contribution in [-0.4, -0.2) is 16.9 Å². The third-order valence-electron chi connectivity index (χ3n) is 2.97. The fourth-order valence-corrected chi connectivity index (χ4v) is 2.56. The summed E-state index contributed by atoms with van der Waals surface area (Å²) < 4.78 is 0. The van der Waals surface area contributed by atoms with E-state index in [0.29, 0.717) is 5.13 Å². The lowest BCUT2D eigenvalue weighted by Crippen LogP contribution is -2.22. The highest BCUT2D eigenvalue weighted by atomic mass is 35.5. The summed E-state index contributed by atoms with van der Waals surface area (Å²) in [5, 5.41) is 3.38. The number of nitrogens with two attached hydrogens (primary N) is 1. The maximum atomic E-state index is 6.01. The average Bonchev–Trinajstić information content (AvgIpc) is 2.73. The summed E-state index contributed by atoms with van der Waals surface area (Å²) in [5.74, 6) is 0. The van der Waals surface area contributed by atoms with Gasteiger partial charge in [0, 0.05) is 23.0 Å². The Hall–Kier alpha value is -1.10. The Bertz CT molecular complexity index is 526. The molecular formula is C13H16ClN3S. The van der Waals surface area contributed by atoms with E-state index in [1.807, 2.05) is 23.6 Å². The summed E-state index contributed by atoms with van der Waals surface area (Å²) in [4.78, 5) is 6.50. The van der Waals surface area contributed by atoms with Crippen molar-refractivity contribution in [1.82, 2.24) is 9.88 Å². The normalized spacial score (nSPS) is 12.9. The van der Waals surface area contributed by atoms with E-state index in [-0.39, 0.29) is 6.04 Å². The molecule has 1 atom stereocenters. The molecule has 18 heavy (non-hydrogen) atoms. The second-order valence-electron chi connectivity index (χ2n) is 4.32. The summed E-state index contributed by atoms with van der Waals surface area (Å²) in [6.45, 7) is 2.93. The lowest BCUT2D eigenvalue weighted by Gasteiger charge is -2.24. The molecule has 0 aliphatic carbocycles. The summed E-state index contributed by atoms with van der Waals surface area (Å²) >= 11 is 7.49. The first-order valence-electron chi connectivity index (χ1n) is 5.72. The summed E-state index contributed by atoms with van der Waals surface area (Å²) in [6, 6.07) is 8.23. The van der Waals surface area contributed by atoms with Crippen molar-refractivity contribution in [3.8, 4) is 0 Å². The largest absolute Gasteiger partial charge is 0.375 e. The number of rotatable bonds is 4. The van der Waals surface area contributed by atoms with Crippen molar-refractivity contribution in [2.45, 2.75) is 19.5 Å². The Morgan fingerprint density at radius 3 is 2.89 bits per heavy atom. The van der Waals surface area contributed by atoms with Crippen molar-refractivity contribution >= 4 is 28.1 Å². The molecule has 3 nitrogen and oxygen atoms in total. The zero-order valence-corrected chi connectivity index (χ0v) is 12.0. The van der Waals surface area contributed by atoms with Gasteiger partial charge in [-0.25, -0.2) is 4.98 Å². The van der Waals surface area contributed by atoms with Crippen LogP contribution in [0.4, 0.5) is 5.13 Å². The minimum Gasteiger partial charge on any atom is -0.375 e. The van der Waals surface area contributed by atoms with Gasteiger partial charge < -0.3 is 5.73 Å². The molecule has 0 saturated heterocycles. The van der Waals surface area contributed by atoms with Crippen LogP contribution < -0.4 is 5.73 Å². The fourth-order valence-electron chi connectivity index (χ4n) is 1.81. The molecule has 2 rings (SSSR count). The summed E-state index contributed by atoms with van der Waals surface area (Å²) in [7, 11) is 2.07. The van der Waals surface area contributed by atoms with Crippen LogP contribution in [0, 0.1) is 0 Å². The number of nitrogen functional groups attached to an aromatic ring is 1. The quantitative estimate of drug-likeness (QED) is 0.931. The van der Waals surface area contributed by atoms with Gasteiger partial charge in [0.1, 0.15) is 0 Å². The number of anilines is 1. The second kappa shape index (κ2) is 5.69. The van der Waals surface area contributed by atoms with Crippen LogP contribution in [0.1, 0.15) is 24.2 Å². The van der Waals surface area contributed by atoms with Crippen LogP contribution in [0.5, 0.6) is 0 Å². The van der Waals surface area contributed by atoms with Gasteiger partial charge in [0.25, 0.3) is 0 Å². The zero-order valence-electron chi connectivity index (χ0n) is 10.4. The van der Waals surface area contributed by atoms with Crippen molar-refractivity contribution in [2.24, 2.45) is 0 Å². The first-order valence-corrected chi connectivity index (χ1v) is 6.97. The van der Waals surface area contributed by atoms with Crippen LogP contribution in [0.15, 0.2) is 29.6 Å². The minimum atomic E-state index is 0.284. The third-order valence-corrected chi connectivity index (χ3v) is 3.93. The van der Waals surface area contributed by atoms with Gasteiger partial charge in [-0.05, 0) is 31.7 Å². The fraction of sp³-hybridized carbons (Fsp3) is 0.308. The molecule has 1 aromatic heterocycles. The lowest BCUT2D eigenvalue weighted by atomic mass is 10.1. The minimum absolute atomic E-state index is 0.284. The van der Waals surface area contributed by atoms with Gasteiger partial charge >= 0.3 is 0 Å². The van der Waals surface area contributed by atoms with Crippen LogP contribution in [0.3, 0.4) is 0 Å². The van der Waals surface area contributed by atoms with Crippen molar-refractivity contribution in [2.75, 3.05) is 12.8 Å². The first-order chi connectivity index (χ1) is 8.56. The number of benzene rings is 1. The van der Waals surface area contributed by atoms with Gasteiger partial charge in [-0.15, -0.1) is 11.3 Å². The van der Waals surface area contributed by atoms with Gasteiger partial charge in [0.15, 0.2) is 5.13 Å². The van der Waals surface area contributed by atoms with Crippen LogP contribution in [0.25, 0.3) is 0 Å². The Kier molecular flexibility index (Phi) is 4.22. The molecule has 1 aromatic carbocycles. The van der Waals surface area contributed by atoms with Crippen molar-refractivity contribution in [3.63, 3.8) is 0 Å². The molecule has 2 N–H and O–H groups in total. The standard InChI is InChI=1S/C13H16ClN3S/c1-9(10-4-3-5-11(14)6-10)17(2)7-12-8-18-13(15)16-12/h3-6,8-9H,7H2,1-2H3,(H2,15,16). The van der Waals surface area contributed by atoms with Gasteiger partial charge in [-0.1, -0.05) is 23.7 Å². The first kappa shape index (κ1) is 13.3. The van der Waals surface area contributed by atoms with E-state index in [0.717, 1.165) is 17.3 Å². The average molecular weight is 282 g/mol. The molecule has 0 spiro atoms. The monoisotopic (exact) mass is 281 g/mol. The number of halogens is 1. The molecule has 0 aliphatic heterocycles. The van der Waals surface area contributed by atoms with E-state index in [9.17, 15) is 0 Å². The van der Waals surface area contributed by atoms with Crippen molar-refractivity contribution < 1.29 is 0 Å². The van der Waals surface area contributed by atoms with E-state index < -0.39 is 0 Å². The molecule has 0 aliphatic rings. The zero-order chi connectivity index (χ0) is 13.1. The van der Waals surface area contributed by atoms with E-state index in [2.05, 4.69) is 29.9 Å². The van der Waals surface area contributed by atoms with Crippen LogP contribution >= 0.6 is 22.9 Å². The summed E-state index contributed by atoms with van der Waals surface area (Å²) in [5.41, 5.74) is 7.84. The molecule has 96 valence electrons. The van der Waals surface area contributed by atoms with Crippen LogP contribution in [0.2, 0.25) is 5.02 Å². The van der Waals surface area contributed by atoms with Crippen molar-refractivity contribution in [3.05, 3.63) is 45.9 Å². The van der Waals surface area contributed by atoms with E-state index in [4.69, 9.17) is 17.3 Å². The summed E-state index contributed by atoms with van der Waals surface area (Å²) in [6.07, 6.45) is 0. The number of aromatic nitrogens is 1. The highest BCUT2D eigenvalue weighted by Crippen LogP contribution is 2.23. The smallest absolute Gasteiger partial charge is 0.180 e. The Morgan fingerprint density at radius 1 is 1.50 bits per heavy atom. The van der Waals surface area contributed by atoms with Crippen molar-refractivity contribution in [1.29, 1.82) is 0 Å². The molecule has 0 amide bonds. The lowest BCUT2D eigenvalue weighted by molar-refractivity contribution is 0.251. The predicted molar refractivity (Wildman–Crippen MR) is 77.9 cm³/mol. The van der Waals surface area contributed by atoms with E-state index in [1.165, 1.54) is 16.9 Å². The van der Waals surface area contributed by atoms with Gasteiger partial charge in [-0.3, -0.25) is 4.90 Å². The second-order valence-corrected chi connectivity index (χ2v) is 5.65. The molecule has 1 heterocycles. The van der Waals surface area contributed by atoms with E-state index in [1.54, 1.807) is 0 Å². The molecule has 0 bridgehead atoms. The molecule has 1 unspecified atom stereocenters. The number of nitrogens with zero attached hydrogens (tertiary/aromatic N) is 2. The van der Waals surface area contributed by atoms with Gasteiger partial charge in [0.2, 0.25) is 0 Å². The van der Waals surface area contributed by atoms with Crippen LogP contribution in [-0.2, 0) is 6.54 Å². The Morgan fingerprint density at radius 2 is 2.28 bits per heavy atom. The number of hydrogen-bond donors (Lipinski definition) is 1. The topological polar surface area (TPSA) is 42.1 Å². The molecule has 2 aromatic rings. The number of thiazole rings is 1. The molecule has 5 heteroatoms. The Balaban J connectivity index is 2.06.